The van der Waals surface area contributed by atoms with E-state index in [9.17, 15) is 0 Å². The smallest absolute Gasteiger partial charge is 0.207 e. The van der Waals surface area contributed by atoms with Crippen molar-refractivity contribution in [3.05, 3.63) is 89.0 Å². The SMILES string of the molecule is CCN(CC)/C(=C\C=C\C(c1ccc(C)cc1)=[N+](CC)CC)c1ccc(C)cc1. The third-order valence-corrected chi connectivity index (χ3v) is 5.41. The van der Waals surface area contributed by atoms with Crippen LogP contribution in [0.15, 0.2) is 66.8 Å². The second kappa shape index (κ2) is 11.4. The molecule has 0 saturated heterocycles. The Kier molecular flexibility index (Phi) is 8.92. The summed E-state index contributed by atoms with van der Waals surface area (Å²) in [6, 6.07) is 17.7. The van der Waals surface area contributed by atoms with Crippen molar-refractivity contribution in [1.29, 1.82) is 0 Å². The molecule has 29 heavy (non-hydrogen) atoms. The highest BCUT2D eigenvalue weighted by atomic mass is 15.1. The fourth-order valence-electron chi connectivity index (χ4n) is 3.58. The van der Waals surface area contributed by atoms with Gasteiger partial charge in [0.1, 0.15) is 13.1 Å². The number of hydrogen-bond donors (Lipinski definition) is 0. The summed E-state index contributed by atoms with van der Waals surface area (Å²) < 4.78 is 2.41. The first-order chi connectivity index (χ1) is 14.0. The molecular weight excluding hydrogens is 352 g/mol. The van der Waals surface area contributed by atoms with Gasteiger partial charge in [-0.1, -0.05) is 53.6 Å². The molecule has 0 aliphatic rings. The first-order valence-electron chi connectivity index (χ1n) is 10.9. The van der Waals surface area contributed by atoms with E-state index < -0.39 is 0 Å². The predicted octanol–water partition coefficient (Wildman–Crippen LogP) is 6.08. The lowest BCUT2D eigenvalue weighted by atomic mass is 10.1. The van der Waals surface area contributed by atoms with Crippen LogP contribution < -0.4 is 0 Å². The van der Waals surface area contributed by atoms with Crippen LogP contribution in [-0.2, 0) is 0 Å². The normalized spacial score (nSPS) is 11.7. The summed E-state index contributed by atoms with van der Waals surface area (Å²) in [6.45, 7) is 17.1. The number of allylic oxidation sites excluding steroid dienone is 3. The molecule has 0 fully saturated rings. The molecule has 0 amide bonds. The third kappa shape index (κ3) is 6.19. The molecule has 2 aromatic carbocycles. The Morgan fingerprint density at radius 3 is 1.69 bits per heavy atom. The van der Waals surface area contributed by atoms with Gasteiger partial charge in [0.2, 0.25) is 5.71 Å². The van der Waals surface area contributed by atoms with Crippen molar-refractivity contribution in [2.24, 2.45) is 0 Å². The van der Waals surface area contributed by atoms with Gasteiger partial charge in [-0.15, -0.1) is 0 Å². The molecule has 2 rings (SSSR count). The largest absolute Gasteiger partial charge is 0.372 e. The van der Waals surface area contributed by atoms with E-state index in [1.165, 1.54) is 33.7 Å². The fraction of sp³-hybridized carbons (Fsp3) is 0.370. The van der Waals surface area contributed by atoms with Crippen molar-refractivity contribution in [1.82, 2.24) is 4.90 Å². The van der Waals surface area contributed by atoms with Crippen LogP contribution in [0.1, 0.15) is 49.9 Å². The summed E-state index contributed by atoms with van der Waals surface area (Å²) in [5.41, 5.74) is 7.66. The van der Waals surface area contributed by atoms with Crippen molar-refractivity contribution < 1.29 is 4.58 Å². The average Bonchev–Trinajstić information content (AvgIpc) is 2.74. The van der Waals surface area contributed by atoms with E-state index in [1.807, 2.05) is 0 Å². The lowest BCUT2D eigenvalue weighted by Gasteiger charge is -2.24. The quantitative estimate of drug-likeness (QED) is 0.286. The van der Waals surface area contributed by atoms with Gasteiger partial charge in [0.15, 0.2) is 0 Å². The second-order valence-electron chi connectivity index (χ2n) is 7.37. The van der Waals surface area contributed by atoms with E-state index in [-0.39, 0.29) is 0 Å². The van der Waals surface area contributed by atoms with E-state index in [0.717, 1.165) is 26.2 Å². The van der Waals surface area contributed by atoms with Gasteiger partial charge in [-0.3, -0.25) is 0 Å². The Bertz CT molecular complexity index is 842. The summed E-state index contributed by atoms with van der Waals surface area (Å²) in [5.74, 6) is 0. The lowest BCUT2D eigenvalue weighted by Crippen LogP contribution is -2.21. The Balaban J connectivity index is 2.47. The number of aryl methyl sites for hydroxylation is 2. The van der Waals surface area contributed by atoms with Gasteiger partial charge in [-0.05, 0) is 65.3 Å². The minimum atomic E-state index is 0.995. The van der Waals surface area contributed by atoms with E-state index >= 15 is 0 Å². The fourth-order valence-corrected chi connectivity index (χ4v) is 3.58. The number of nitrogens with zero attached hydrogens (tertiary/aromatic N) is 2. The lowest BCUT2D eigenvalue weighted by molar-refractivity contribution is -0.519. The second-order valence-corrected chi connectivity index (χ2v) is 7.37. The highest BCUT2D eigenvalue weighted by Crippen LogP contribution is 2.20. The summed E-state index contributed by atoms with van der Waals surface area (Å²) in [6.07, 6.45) is 6.73. The molecule has 0 saturated carbocycles. The molecule has 2 heteroatoms. The predicted molar refractivity (Wildman–Crippen MR) is 128 cm³/mol. The Hall–Kier alpha value is -2.61. The van der Waals surface area contributed by atoms with Gasteiger partial charge < -0.3 is 4.90 Å². The number of hydrogen-bond acceptors (Lipinski definition) is 1. The molecule has 0 bridgehead atoms. The van der Waals surface area contributed by atoms with Crippen molar-refractivity contribution >= 4 is 11.4 Å². The number of benzene rings is 2. The molecular formula is C27H37N2+. The van der Waals surface area contributed by atoms with E-state index in [4.69, 9.17) is 0 Å². The summed E-state index contributed by atoms with van der Waals surface area (Å²) >= 11 is 0. The van der Waals surface area contributed by atoms with Crippen molar-refractivity contribution in [3.8, 4) is 0 Å². The molecule has 0 aliphatic carbocycles. The van der Waals surface area contributed by atoms with Gasteiger partial charge in [0.25, 0.3) is 0 Å². The maximum atomic E-state index is 2.41. The van der Waals surface area contributed by atoms with Crippen molar-refractivity contribution in [2.45, 2.75) is 41.5 Å². The summed E-state index contributed by atoms with van der Waals surface area (Å²) in [4.78, 5) is 2.41. The molecule has 0 radical (unpaired) electrons. The first-order valence-corrected chi connectivity index (χ1v) is 10.9. The van der Waals surface area contributed by atoms with Crippen LogP contribution >= 0.6 is 0 Å². The van der Waals surface area contributed by atoms with Crippen LogP contribution in [0.25, 0.3) is 5.70 Å². The van der Waals surface area contributed by atoms with E-state index in [1.54, 1.807) is 0 Å². The summed E-state index contributed by atoms with van der Waals surface area (Å²) in [5, 5.41) is 0. The minimum absolute atomic E-state index is 0.995. The molecule has 0 atom stereocenters. The number of rotatable bonds is 9. The van der Waals surface area contributed by atoms with Gasteiger partial charge >= 0.3 is 0 Å². The van der Waals surface area contributed by atoms with Gasteiger partial charge in [0, 0.05) is 30.4 Å². The minimum Gasteiger partial charge on any atom is -0.372 e. The van der Waals surface area contributed by atoms with Crippen LogP contribution in [-0.4, -0.2) is 41.4 Å². The van der Waals surface area contributed by atoms with Crippen LogP contribution in [0.4, 0.5) is 0 Å². The monoisotopic (exact) mass is 389 g/mol. The van der Waals surface area contributed by atoms with Crippen LogP contribution in [0.5, 0.6) is 0 Å². The molecule has 0 unspecified atom stereocenters. The zero-order valence-electron chi connectivity index (χ0n) is 19.1. The average molecular weight is 390 g/mol. The van der Waals surface area contributed by atoms with Crippen LogP contribution in [0, 0.1) is 13.8 Å². The molecule has 2 aromatic rings. The molecule has 0 N–H and O–H groups in total. The first kappa shape index (κ1) is 22.7. The zero-order chi connectivity index (χ0) is 21.2. The Morgan fingerprint density at radius 2 is 1.24 bits per heavy atom. The highest BCUT2D eigenvalue weighted by Gasteiger charge is 2.12. The topological polar surface area (TPSA) is 6.25 Å². The Labute approximate surface area is 177 Å². The third-order valence-electron chi connectivity index (χ3n) is 5.41. The zero-order valence-corrected chi connectivity index (χ0v) is 19.1. The van der Waals surface area contributed by atoms with Crippen molar-refractivity contribution in [3.63, 3.8) is 0 Å². The molecule has 0 aromatic heterocycles. The van der Waals surface area contributed by atoms with Crippen LogP contribution in [0.3, 0.4) is 0 Å². The molecule has 2 nitrogen and oxygen atoms in total. The van der Waals surface area contributed by atoms with E-state index in [0.29, 0.717) is 0 Å². The van der Waals surface area contributed by atoms with E-state index in [2.05, 4.69) is 118 Å². The maximum absolute atomic E-state index is 2.41. The standard InChI is InChI=1S/C27H37N2/c1-7-28(8-2)26(24-18-14-22(5)15-19-24)12-11-13-27(29(9-3)10-4)25-20-16-23(6)17-21-25/h11-21H,7-10H2,1-6H3/q+1. The summed E-state index contributed by atoms with van der Waals surface area (Å²) in [7, 11) is 0. The molecule has 0 spiro atoms. The van der Waals surface area contributed by atoms with Gasteiger partial charge in [0.05, 0.1) is 0 Å². The highest BCUT2D eigenvalue weighted by molar-refractivity contribution is 6.05. The van der Waals surface area contributed by atoms with Crippen LogP contribution in [0.2, 0.25) is 0 Å². The van der Waals surface area contributed by atoms with Gasteiger partial charge in [-0.25, -0.2) is 4.58 Å². The molecule has 0 heterocycles. The van der Waals surface area contributed by atoms with Crippen molar-refractivity contribution in [2.75, 3.05) is 26.2 Å². The molecule has 154 valence electrons. The molecule has 0 aliphatic heterocycles. The van der Waals surface area contributed by atoms with Gasteiger partial charge in [-0.2, -0.15) is 0 Å². The Morgan fingerprint density at radius 1 is 0.759 bits per heavy atom. The maximum Gasteiger partial charge on any atom is 0.207 e.